The predicted octanol–water partition coefficient (Wildman–Crippen LogP) is 4.96. The van der Waals surface area contributed by atoms with Crippen LogP contribution in [0.25, 0.3) is 11.0 Å². The van der Waals surface area contributed by atoms with Crippen LogP contribution in [0.3, 0.4) is 0 Å². The predicted molar refractivity (Wildman–Crippen MR) is 96.2 cm³/mol. The van der Waals surface area contributed by atoms with Crippen molar-refractivity contribution in [2.45, 2.75) is 55.9 Å². The fourth-order valence-electron chi connectivity index (χ4n) is 3.14. The second kappa shape index (κ2) is 7.24. The lowest BCUT2D eigenvalue weighted by Gasteiger charge is -2.23. The summed E-state index contributed by atoms with van der Waals surface area (Å²) in [4.78, 5) is 8.19. The van der Waals surface area contributed by atoms with Gasteiger partial charge in [-0.1, -0.05) is 37.2 Å². The van der Waals surface area contributed by atoms with Gasteiger partial charge in [0.2, 0.25) is 0 Å². The molecule has 1 saturated heterocycles. The minimum atomic E-state index is 0.566. The van der Waals surface area contributed by atoms with E-state index in [2.05, 4.69) is 30.2 Å². The molecule has 0 aliphatic carbocycles. The van der Waals surface area contributed by atoms with E-state index in [1.165, 1.54) is 18.4 Å². The third kappa shape index (κ3) is 3.44. The Kier molecular flexibility index (Phi) is 5.32. The van der Waals surface area contributed by atoms with Crippen molar-refractivity contribution < 1.29 is 0 Å². The van der Waals surface area contributed by atoms with Crippen LogP contribution in [-0.4, -0.2) is 28.3 Å². The summed E-state index contributed by atoms with van der Waals surface area (Å²) in [6, 6.07) is 4.25. The largest absolute Gasteiger partial charge is 0.333 e. The molecule has 0 saturated carbocycles. The Morgan fingerprint density at radius 1 is 1.27 bits per heavy atom. The molecular formula is C17H24ClN3S. The van der Waals surface area contributed by atoms with Crippen molar-refractivity contribution in [3.05, 3.63) is 22.7 Å². The van der Waals surface area contributed by atoms with E-state index in [9.17, 15) is 0 Å². The Bertz CT molecular complexity index is 630. The number of H-pyrrole nitrogens is 1. The topological polar surface area (TPSA) is 40.7 Å². The molecule has 5 heteroatoms. The number of benzene rings is 1. The van der Waals surface area contributed by atoms with Crippen LogP contribution in [0.5, 0.6) is 0 Å². The fourth-order valence-corrected chi connectivity index (χ4v) is 4.42. The summed E-state index contributed by atoms with van der Waals surface area (Å²) in [5, 5.41) is 5.92. The van der Waals surface area contributed by atoms with Gasteiger partial charge in [0, 0.05) is 10.3 Å². The molecular weight excluding hydrogens is 314 g/mol. The van der Waals surface area contributed by atoms with Gasteiger partial charge in [0.15, 0.2) is 5.16 Å². The third-order valence-corrected chi connectivity index (χ3v) is 6.29. The van der Waals surface area contributed by atoms with Gasteiger partial charge < -0.3 is 10.3 Å². The van der Waals surface area contributed by atoms with Crippen LogP contribution in [-0.2, 0) is 0 Å². The molecule has 22 heavy (non-hydrogen) atoms. The maximum Gasteiger partial charge on any atom is 0.166 e. The average Bonchev–Trinajstić information content (AvgIpc) is 2.93. The lowest BCUT2D eigenvalue weighted by atomic mass is 9.90. The first-order valence-electron chi connectivity index (χ1n) is 8.27. The summed E-state index contributed by atoms with van der Waals surface area (Å²) in [7, 11) is 0. The normalized spacial score (nSPS) is 16.7. The molecule has 0 amide bonds. The molecule has 0 atom stereocenters. The minimum absolute atomic E-state index is 0.566. The number of aromatic amines is 1. The summed E-state index contributed by atoms with van der Waals surface area (Å²) >= 11 is 8.37. The number of thioether (sulfide) groups is 1. The Hall–Kier alpha value is -0.710. The van der Waals surface area contributed by atoms with Crippen molar-refractivity contribution in [2.24, 2.45) is 0 Å². The Morgan fingerprint density at radius 2 is 2.00 bits per heavy atom. The Morgan fingerprint density at radius 3 is 2.68 bits per heavy atom. The zero-order valence-electron chi connectivity index (χ0n) is 13.3. The number of fused-ring (bicyclic) bond motifs is 1. The Balaban J connectivity index is 1.88. The van der Waals surface area contributed by atoms with Crippen molar-refractivity contribution in [1.29, 1.82) is 0 Å². The number of hydrogen-bond donors (Lipinski definition) is 2. The second-order valence-electron chi connectivity index (χ2n) is 6.01. The summed E-state index contributed by atoms with van der Waals surface area (Å²) in [6.45, 7) is 6.63. The van der Waals surface area contributed by atoms with Crippen LogP contribution in [0.1, 0.15) is 51.0 Å². The van der Waals surface area contributed by atoms with Gasteiger partial charge in [-0.3, -0.25) is 0 Å². The molecule has 2 heterocycles. The SMILES string of the molecule is CCC(CC)Sc1nc2cc(Cl)c(C3CCNCC3)cc2[nH]1. The molecule has 2 N–H and O–H groups in total. The van der Waals surface area contributed by atoms with Gasteiger partial charge >= 0.3 is 0 Å². The number of nitrogens with zero attached hydrogens (tertiary/aromatic N) is 1. The standard InChI is InChI=1S/C17H24ClN3S/c1-3-12(4-2)22-17-20-15-9-13(11-5-7-19-8-6-11)14(18)10-16(15)21-17/h9-12,19H,3-8H2,1-2H3,(H,20,21). The van der Waals surface area contributed by atoms with Gasteiger partial charge in [-0.2, -0.15) is 0 Å². The van der Waals surface area contributed by atoms with Crippen LogP contribution in [0, 0.1) is 0 Å². The minimum Gasteiger partial charge on any atom is -0.333 e. The molecule has 3 rings (SSSR count). The fraction of sp³-hybridized carbons (Fsp3) is 0.588. The van der Waals surface area contributed by atoms with Gasteiger partial charge in [0.1, 0.15) is 0 Å². The van der Waals surface area contributed by atoms with Crippen molar-refractivity contribution in [2.75, 3.05) is 13.1 Å². The van der Waals surface area contributed by atoms with E-state index in [4.69, 9.17) is 16.6 Å². The van der Waals surface area contributed by atoms with Crippen LogP contribution in [0.15, 0.2) is 17.3 Å². The third-order valence-electron chi connectivity index (χ3n) is 4.55. The first-order valence-corrected chi connectivity index (χ1v) is 9.53. The second-order valence-corrected chi connectivity index (χ2v) is 7.71. The van der Waals surface area contributed by atoms with Crippen LogP contribution >= 0.6 is 23.4 Å². The van der Waals surface area contributed by atoms with Crippen LogP contribution in [0.2, 0.25) is 5.02 Å². The van der Waals surface area contributed by atoms with Crippen molar-refractivity contribution in [3.8, 4) is 0 Å². The number of nitrogens with one attached hydrogen (secondary N) is 2. The van der Waals surface area contributed by atoms with Crippen molar-refractivity contribution >= 4 is 34.4 Å². The van der Waals surface area contributed by atoms with Gasteiger partial charge in [0.05, 0.1) is 11.0 Å². The van der Waals surface area contributed by atoms with Gasteiger partial charge in [-0.25, -0.2) is 4.98 Å². The average molecular weight is 338 g/mol. The summed E-state index contributed by atoms with van der Waals surface area (Å²) in [5.41, 5.74) is 3.38. The lowest BCUT2D eigenvalue weighted by molar-refractivity contribution is 0.461. The smallest absolute Gasteiger partial charge is 0.166 e. The van der Waals surface area contributed by atoms with Crippen LogP contribution < -0.4 is 5.32 Å². The van der Waals surface area contributed by atoms with Gasteiger partial charge in [-0.15, -0.1) is 0 Å². The lowest BCUT2D eigenvalue weighted by Crippen LogP contribution is -2.26. The molecule has 1 aliphatic rings. The number of imidazole rings is 1. The molecule has 1 aromatic carbocycles. The maximum absolute atomic E-state index is 6.53. The highest BCUT2D eigenvalue weighted by Gasteiger charge is 2.19. The molecule has 1 aliphatic heterocycles. The summed E-state index contributed by atoms with van der Waals surface area (Å²) in [6.07, 6.45) is 4.65. The van der Waals surface area contributed by atoms with E-state index in [1.54, 1.807) is 0 Å². The van der Waals surface area contributed by atoms with E-state index in [0.717, 1.165) is 47.1 Å². The van der Waals surface area contributed by atoms with E-state index in [1.807, 2.05) is 17.8 Å². The summed E-state index contributed by atoms with van der Waals surface area (Å²) < 4.78 is 0. The van der Waals surface area contributed by atoms with Crippen LogP contribution in [0.4, 0.5) is 0 Å². The number of aromatic nitrogens is 2. The monoisotopic (exact) mass is 337 g/mol. The molecule has 0 spiro atoms. The number of piperidine rings is 1. The molecule has 0 unspecified atom stereocenters. The molecule has 120 valence electrons. The highest BCUT2D eigenvalue weighted by Crippen LogP contribution is 2.35. The maximum atomic E-state index is 6.53. The number of halogens is 1. The highest BCUT2D eigenvalue weighted by molar-refractivity contribution is 7.99. The van der Waals surface area contributed by atoms with Gasteiger partial charge in [0.25, 0.3) is 0 Å². The molecule has 0 radical (unpaired) electrons. The quantitative estimate of drug-likeness (QED) is 0.757. The number of hydrogen-bond acceptors (Lipinski definition) is 3. The van der Waals surface area contributed by atoms with E-state index in [0.29, 0.717) is 11.2 Å². The molecule has 1 aromatic heterocycles. The molecule has 2 aromatic rings. The zero-order chi connectivity index (χ0) is 15.5. The van der Waals surface area contributed by atoms with E-state index in [-0.39, 0.29) is 0 Å². The molecule has 3 nitrogen and oxygen atoms in total. The van der Waals surface area contributed by atoms with E-state index >= 15 is 0 Å². The van der Waals surface area contributed by atoms with Gasteiger partial charge in [-0.05, 0) is 62.4 Å². The molecule has 0 bridgehead atoms. The van der Waals surface area contributed by atoms with E-state index < -0.39 is 0 Å². The Labute approximate surface area is 141 Å². The molecule has 1 fully saturated rings. The first kappa shape index (κ1) is 16.2. The zero-order valence-corrected chi connectivity index (χ0v) is 14.9. The highest BCUT2D eigenvalue weighted by atomic mass is 35.5. The summed E-state index contributed by atoms with van der Waals surface area (Å²) in [5.74, 6) is 0.566. The first-order chi connectivity index (χ1) is 10.7. The number of rotatable bonds is 5. The van der Waals surface area contributed by atoms with Crippen molar-refractivity contribution in [3.63, 3.8) is 0 Å². The van der Waals surface area contributed by atoms with Crippen molar-refractivity contribution in [1.82, 2.24) is 15.3 Å².